The Hall–Kier alpha value is -2.75. The average molecular weight is 276 g/mol. The molecule has 1 aromatic carbocycles. The number of carboxylic acid groups (broad SMARTS) is 1. The number of nitriles is 1. The summed E-state index contributed by atoms with van der Waals surface area (Å²) in [5.74, 6) is -0.974. The van der Waals surface area contributed by atoms with Gasteiger partial charge in [-0.05, 0) is 6.07 Å². The van der Waals surface area contributed by atoms with E-state index in [9.17, 15) is 14.9 Å². The first-order valence-electron chi connectivity index (χ1n) is 5.71. The molecule has 0 bridgehead atoms. The number of carbonyl (C=O) groups is 2. The van der Waals surface area contributed by atoms with Crippen LogP contribution in [0, 0.1) is 11.3 Å². The number of benzene rings is 1. The fourth-order valence-electron chi connectivity index (χ4n) is 2.22. The topological polar surface area (TPSA) is 99.9 Å². The number of carboxylic acids is 1. The van der Waals surface area contributed by atoms with Gasteiger partial charge in [0.15, 0.2) is 0 Å². The van der Waals surface area contributed by atoms with Crippen molar-refractivity contribution in [2.45, 2.75) is 6.04 Å². The van der Waals surface area contributed by atoms with Crippen molar-refractivity contribution in [2.24, 2.45) is 0 Å². The van der Waals surface area contributed by atoms with E-state index < -0.39 is 24.5 Å². The summed E-state index contributed by atoms with van der Waals surface area (Å²) in [6.45, 7) is -0.544. The lowest BCUT2D eigenvalue weighted by atomic mass is 10.0. The molecule has 2 rings (SSSR count). The maximum Gasteiger partial charge on any atom is 0.323 e. The van der Waals surface area contributed by atoms with Crippen LogP contribution < -0.4 is 9.47 Å². The first-order valence-corrected chi connectivity index (χ1v) is 5.71. The standard InChI is InChI=1S/C13H12N2O5/c1-19-7-3-8-12(10(4-7)20-2)9(5-14)15(13(8)18)6-11(16)17/h3-4,9H,6H2,1-2H3,(H,16,17). The molecule has 7 nitrogen and oxygen atoms in total. The molecule has 0 aliphatic carbocycles. The molecular weight excluding hydrogens is 264 g/mol. The minimum absolute atomic E-state index is 0.231. The van der Waals surface area contributed by atoms with Gasteiger partial charge in [-0.15, -0.1) is 0 Å². The molecule has 1 N–H and O–H groups in total. The second-order valence-corrected chi connectivity index (χ2v) is 4.15. The van der Waals surface area contributed by atoms with E-state index in [1.807, 2.05) is 6.07 Å². The Morgan fingerprint density at radius 1 is 1.45 bits per heavy atom. The van der Waals surface area contributed by atoms with E-state index in [0.717, 1.165) is 4.90 Å². The van der Waals surface area contributed by atoms with Crippen molar-refractivity contribution in [3.05, 3.63) is 23.3 Å². The van der Waals surface area contributed by atoms with Gasteiger partial charge in [0.1, 0.15) is 24.1 Å². The normalized spacial score (nSPS) is 16.6. The van der Waals surface area contributed by atoms with Crippen LogP contribution in [-0.2, 0) is 4.79 Å². The van der Waals surface area contributed by atoms with Crippen LogP contribution in [0.25, 0.3) is 0 Å². The Labute approximate surface area is 114 Å². The fourth-order valence-corrected chi connectivity index (χ4v) is 2.22. The van der Waals surface area contributed by atoms with E-state index in [-0.39, 0.29) is 5.56 Å². The molecule has 0 fully saturated rings. The highest BCUT2D eigenvalue weighted by molar-refractivity contribution is 6.02. The number of fused-ring (bicyclic) bond motifs is 1. The van der Waals surface area contributed by atoms with Crippen molar-refractivity contribution in [1.82, 2.24) is 4.90 Å². The van der Waals surface area contributed by atoms with Crippen molar-refractivity contribution in [1.29, 1.82) is 5.26 Å². The molecule has 0 radical (unpaired) electrons. The lowest BCUT2D eigenvalue weighted by molar-refractivity contribution is -0.137. The highest BCUT2D eigenvalue weighted by Gasteiger charge is 2.40. The highest BCUT2D eigenvalue weighted by atomic mass is 16.5. The maximum atomic E-state index is 12.2. The first-order chi connectivity index (χ1) is 9.53. The molecule has 0 spiro atoms. The summed E-state index contributed by atoms with van der Waals surface area (Å²) >= 11 is 0. The SMILES string of the molecule is COc1cc(OC)c2c(c1)C(=O)N(CC(=O)O)C2C#N. The Morgan fingerprint density at radius 3 is 2.65 bits per heavy atom. The third-order valence-corrected chi connectivity index (χ3v) is 3.08. The summed E-state index contributed by atoms with van der Waals surface area (Å²) in [6.07, 6.45) is 0. The summed E-state index contributed by atoms with van der Waals surface area (Å²) in [4.78, 5) is 24.1. The summed E-state index contributed by atoms with van der Waals surface area (Å²) in [5, 5.41) is 18.1. The summed E-state index contributed by atoms with van der Waals surface area (Å²) in [6, 6.07) is 4.00. The van der Waals surface area contributed by atoms with E-state index in [2.05, 4.69) is 0 Å². The number of hydrogen-bond acceptors (Lipinski definition) is 5. The second kappa shape index (κ2) is 5.09. The van der Waals surface area contributed by atoms with Gasteiger partial charge in [-0.3, -0.25) is 9.59 Å². The van der Waals surface area contributed by atoms with Gasteiger partial charge in [0.2, 0.25) is 0 Å². The monoisotopic (exact) mass is 276 g/mol. The zero-order valence-electron chi connectivity index (χ0n) is 10.9. The minimum Gasteiger partial charge on any atom is -0.497 e. The molecule has 1 aromatic rings. The van der Waals surface area contributed by atoms with Crippen LogP contribution in [0.1, 0.15) is 22.0 Å². The van der Waals surface area contributed by atoms with Gasteiger partial charge >= 0.3 is 5.97 Å². The number of amides is 1. The molecule has 104 valence electrons. The number of methoxy groups -OCH3 is 2. The van der Waals surface area contributed by atoms with Gasteiger partial charge in [-0.2, -0.15) is 5.26 Å². The summed E-state index contributed by atoms with van der Waals surface area (Å²) < 4.78 is 10.2. The highest BCUT2D eigenvalue weighted by Crippen LogP contribution is 2.41. The van der Waals surface area contributed by atoms with Gasteiger partial charge in [-0.1, -0.05) is 0 Å². The molecule has 1 amide bonds. The van der Waals surface area contributed by atoms with Gasteiger partial charge in [0.25, 0.3) is 5.91 Å². The zero-order valence-corrected chi connectivity index (χ0v) is 10.9. The van der Waals surface area contributed by atoms with Gasteiger partial charge in [-0.25, -0.2) is 0 Å². The zero-order chi connectivity index (χ0) is 14.9. The van der Waals surface area contributed by atoms with Crippen molar-refractivity contribution in [3.8, 4) is 17.6 Å². The number of nitrogens with zero attached hydrogens (tertiary/aromatic N) is 2. The van der Waals surface area contributed by atoms with Crippen molar-refractivity contribution in [2.75, 3.05) is 20.8 Å². The third kappa shape index (κ3) is 2.01. The lowest BCUT2D eigenvalue weighted by Crippen LogP contribution is -2.32. The molecule has 0 aromatic heterocycles. The lowest BCUT2D eigenvalue weighted by Gasteiger charge is -2.17. The average Bonchev–Trinajstić information content (AvgIpc) is 2.70. The minimum atomic E-state index is -1.18. The Balaban J connectivity index is 2.59. The quantitative estimate of drug-likeness (QED) is 0.873. The largest absolute Gasteiger partial charge is 0.497 e. The number of rotatable bonds is 4. The van der Waals surface area contributed by atoms with Crippen molar-refractivity contribution < 1.29 is 24.2 Å². The fraction of sp³-hybridized carbons (Fsp3) is 0.308. The van der Waals surface area contributed by atoms with Crippen LogP contribution in [0.15, 0.2) is 12.1 Å². The van der Waals surface area contributed by atoms with Gasteiger partial charge < -0.3 is 19.5 Å². The molecule has 20 heavy (non-hydrogen) atoms. The number of ether oxygens (including phenoxy) is 2. The second-order valence-electron chi connectivity index (χ2n) is 4.15. The van der Waals surface area contributed by atoms with Crippen molar-refractivity contribution >= 4 is 11.9 Å². The molecule has 1 aliphatic heterocycles. The van der Waals surface area contributed by atoms with Gasteiger partial charge in [0.05, 0.1) is 25.9 Å². The molecule has 1 atom stereocenters. The predicted molar refractivity (Wildman–Crippen MR) is 66.6 cm³/mol. The van der Waals surface area contributed by atoms with Crippen LogP contribution in [-0.4, -0.2) is 42.6 Å². The first kappa shape index (κ1) is 13.7. The smallest absolute Gasteiger partial charge is 0.323 e. The van der Waals surface area contributed by atoms with Crippen LogP contribution >= 0.6 is 0 Å². The molecule has 0 saturated carbocycles. The Kier molecular flexibility index (Phi) is 3.48. The molecule has 1 aliphatic rings. The van der Waals surface area contributed by atoms with Crippen LogP contribution in [0.4, 0.5) is 0 Å². The molecule has 0 saturated heterocycles. The predicted octanol–water partition coefficient (Wildman–Crippen LogP) is 0.809. The Morgan fingerprint density at radius 2 is 2.15 bits per heavy atom. The Bertz CT molecular complexity index is 620. The van der Waals surface area contributed by atoms with Crippen LogP contribution in [0.3, 0.4) is 0 Å². The number of aliphatic carboxylic acids is 1. The number of carbonyl (C=O) groups excluding carboxylic acids is 1. The van der Waals surface area contributed by atoms with Gasteiger partial charge in [0, 0.05) is 11.6 Å². The maximum absolute atomic E-state index is 12.2. The summed E-state index contributed by atoms with van der Waals surface area (Å²) in [5.41, 5.74) is 0.607. The van der Waals surface area contributed by atoms with E-state index in [1.54, 1.807) is 6.07 Å². The van der Waals surface area contributed by atoms with Crippen molar-refractivity contribution in [3.63, 3.8) is 0 Å². The van der Waals surface area contributed by atoms with E-state index in [0.29, 0.717) is 17.1 Å². The molecule has 7 heteroatoms. The molecule has 1 heterocycles. The summed E-state index contributed by atoms with van der Waals surface area (Å²) in [7, 11) is 2.85. The van der Waals surface area contributed by atoms with E-state index in [1.165, 1.54) is 20.3 Å². The molecule has 1 unspecified atom stereocenters. The third-order valence-electron chi connectivity index (χ3n) is 3.08. The van der Waals surface area contributed by atoms with E-state index >= 15 is 0 Å². The molecular formula is C13H12N2O5. The number of hydrogen-bond donors (Lipinski definition) is 1. The van der Waals surface area contributed by atoms with Crippen LogP contribution in [0.5, 0.6) is 11.5 Å². The van der Waals surface area contributed by atoms with E-state index in [4.69, 9.17) is 14.6 Å². The van der Waals surface area contributed by atoms with Crippen LogP contribution in [0.2, 0.25) is 0 Å².